The Morgan fingerprint density at radius 1 is 1.03 bits per heavy atom. The van der Waals surface area contributed by atoms with Gasteiger partial charge in [-0.05, 0) is 47.9 Å². The average Bonchev–Trinajstić information content (AvgIpc) is 2.81. The molecule has 168 valence electrons. The molecular formula is C26H29ClN2O3. The third kappa shape index (κ3) is 6.66. The Morgan fingerprint density at radius 3 is 2.50 bits per heavy atom. The zero-order chi connectivity index (χ0) is 22.9. The van der Waals surface area contributed by atoms with Crippen molar-refractivity contribution in [3.8, 4) is 11.5 Å². The first-order chi connectivity index (χ1) is 15.5. The SMILES string of the molecule is COc1cccc(CNc2cccc(C(=O)NCC(C)C)c2)c1OCc1ccc(Cl)cc1. The maximum Gasteiger partial charge on any atom is 0.251 e. The van der Waals surface area contributed by atoms with Crippen LogP contribution in [0.2, 0.25) is 5.02 Å². The van der Waals surface area contributed by atoms with Gasteiger partial charge in [0, 0.05) is 34.9 Å². The highest BCUT2D eigenvalue weighted by molar-refractivity contribution is 6.30. The molecule has 5 nitrogen and oxygen atoms in total. The van der Waals surface area contributed by atoms with E-state index in [1.54, 1.807) is 7.11 Å². The number of carbonyl (C=O) groups is 1. The number of hydrogen-bond donors (Lipinski definition) is 2. The highest BCUT2D eigenvalue weighted by Crippen LogP contribution is 2.32. The first-order valence-corrected chi connectivity index (χ1v) is 11.0. The number of para-hydroxylation sites is 1. The molecule has 0 saturated carbocycles. The van der Waals surface area contributed by atoms with E-state index in [-0.39, 0.29) is 5.91 Å². The van der Waals surface area contributed by atoms with Gasteiger partial charge in [-0.15, -0.1) is 0 Å². The van der Waals surface area contributed by atoms with E-state index in [2.05, 4.69) is 24.5 Å². The van der Waals surface area contributed by atoms with E-state index in [9.17, 15) is 4.79 Å². The summed E-state index contributed by atoms with van der Waals surface area (Å²) in [6.45, 7) is 5.70. The second-order valence-electron chi connectivity index (χ2n) is 7.90. The smallest absolute Gasteiger partial charge is 0.251 e. The fourth-order valence-corrected chi connectivity index (χ4v) is 3.25. The lowest BCUT2D eigenvalue weighted by Crippen LogP contribution is -2.27. The van der Waals surface area contributed by atoms with Crippen molar-refractivity contribution in [2.45, 2.75) is 27.0 Å². The molecule has 0 unspecified atom stereocenters. The number of halogens is 1. The number of amides is 1. The summed E-state index contributed by atoms with van der Waals surface area (Å²) in [5, 5.41) is 7.02. The van der Waals surface area contributed by atoms with Gasteiger partial charge in [0.2, 0.25) is 0 Å². The van der Waals surface area contributed by atoms with E-state index >= 15 is 0 Å². The van der Waals surface area contributed by atoms with Crippen LogP contribution in [-0.2, 0) is 13.2 Å². The lowest BCUT2D eigenvalue weighted by Gasteiger charge is -2.16. The molecule has 0 heterocycles. The van der Waals surface area contributed by atoms with Crippen molar-refractivity contribution >= 4 is 23.2 Å². The number of rotatable bonds is 10. The summed E-state index contributed by atoms with van der Waals surface area (Å²) < 4.78 is 11.6. The van der Waals surface area contributed by atoms with Crippen molar-refractivity contribution in [1.82, 2.24) is 5.32 Å². The van der Waals surface area contributed by atoms with Crippen LogP contribution in [0.3, 0.4) is 0 Å². The molecule has 1 amide bonds. The summed E-state index contributed by atoms with van der Waals surface area (Å²) >= 11 is 5.97. The summed E-state index contributed by atoms with van der Waals surface area (Å²) in [6, 6.07) is 20.8. The Hall–Kier alpha value is -3.18. The molecule has 0 spiro atoms. The Bertz CT molecular complexity index is 1040. The fraction of sp³-hybridized carbons (Fsp3) is 0.269. The Morgan fingerprint density at radius 2 is 1.78 bits per heavy atom. The van der Waals surface area contributed by atoms with E-state index in [0.717, 1.165) is 16.8 Å². The minimum absolute atomic E-state index is 0.0734. The Labute approximate surface area is 194 Å². The standard InChI is InChI=1S/C26H29ClN2O3/c1-18(2)15-29-26(30)20-6-4-8-23(14-20)28-16-21-7-5-9-24(31-3)25(21)32-17-19-10-12-22(27)13-11-19/h4-14,18,28H,15-17H2,1-3H3,(H,29,30). The lowest BCUT2D eigenvalue weighted by molar-refractivity contribution is 0.0949. The number of nitrogens with one attached hydrogen (secondary N) is 2. The number of benzene rings is 3. The second-order valence-corrected chi connectivity index (χ2v) is 8.34. The van der Waals surface area contributed by atoms with Crippen LogP contribution in [0.15, 0.2) is 66.7 Å². The van der Waals surface area contributed by atoms with E-state index in [1.165, 1.54) is 0 Å². The first kappa shape index (κ1) is 23.5. The van der Waals surface area contributed by atoms with Crippen molar-refractivity contribution in [3.05, 3.63) is 88.4 Å². The van der Waals surface area contributed by atoms with Gasteiger partial charge in [0.1, 0.15) is 6.61 Å². The Kier molecular flexibility index (Phi) is 8.40. The molecule has 0 aliphatic carbocycles. The number of anilines is 1. The summed E-state index contributed by atoms with van der Waals surface area (Å²) in [5.41, 5.74) is 3.45. The molecule has 0 saturated heterocycles. The van der Waals surface area contributed by atoms with Crippen LogP contribution in [0, 0.1) is 5.92 Å². The summed E-state index contributed by atoms with van der Waals surface area (Å²) in [4.78, 5) is 12.4. The molecule has 3 rings (SSSR count). The molecule has 32 heavy (non-hydrogen) atoms. The second kappa shape index (κ2) is 11.4. The van der Waals surface area contributed by atoms with Crippen LogP contribution in [0.4, 0.5) is 5.69 Å². The van der Waals surface area contributed by atoms with Gasteiger partial charge < -0.3 is 20.1 Å². The van der Waals surface area contributed by atoms with Gasteiger partial charge in [0.25, 0.3) is 5.91 Å². The zero-order valence-corrected chi connectivity index (χ0v) is 19.4. The topological polar surface area (TPSA) is 59.6 Å². The van der Waals surface area contributed by atoms with E-state index in [4.69, 9.17) is 21.1 Å². The van der Waals surface area contributed by atoms with Gasteiger partial charge in [-0.3, -0.25) is 4.79 Å². The molecule has 0 atom stereocenters. The minimum Gasteiger partial charge on any atom is -0.493 e. The molecular weight excluding hydrogens is 424 g/mol. The highest BCUT2D eigenvalue weighted by atomic mass is 35.5. The average molecular weight is 453 g/mol. The lowest BCUT2D eigenvalue weighted by atomic mass is 10.1. The maximum absolute atomic E-state index is 12.4. The predicted octanol–water partition coefficient (Wildman–Crippen LogP) is 5.93. The van der Waals surface area contributed by atoms with Gasteiger partial charge in [-0.25, -0.2) is 0 Å². The molecule has 0 bridgehead atoms. The third-order valence-corrected chi connectivity index (χ3v) is 5.11. The van der Waals surface area contributed by atoms with Gasteiger partial charge in [0.05, 0.1) is 7.11 Å². The summed E-state index contributed by atoms with van der Waals surface area (Å²) in [5.74, 6) is 1.68. The van der Waals surface area contributed by atoms with E-state index in [1.807, 2.05) is 66.7 Å². The quantitative estimate of drug-likeness (QED) is 0.400. The number of ether oxygens (including phenoxy) is 2. The van der Waals surface area contributed by atoms with Crippen molar-refractivity contribution in [2.24, 2.45) is 5.92 Å². The molecule has 2 N–H and O–H groups in total. The number of methoxy groups -OCH3 is 1. The molecule has 0 fully saturated rings. The van der Waals surface area contributed by atoms with Crippen LogP contribution in [0.25, 0.3) is 0 Å². The van der Waals surface area contributed by atoms with Gasteiger partial charge in [-0.2, -0.15) is 0 Å². The molecule has 3 aromatic rings. The van der Waals surface area contributed by atoms with Crippen LogP contribution < -0.4 is 20.1 Å². The monoisotopic (exact) mass is 452 g/mol. The molecule has 0 aliphatic heterocycles. The third-order valence-electron chi connectivity index (χ3n) is 4.86. The number of hydrogen-bond acceptors (Lipinski definition) is 4. The van der Waals surface area contributed by atoms with Gasteiger partial charge >= 0.3 is 0 Å². The predicted molar refractivity (Wildman–Crippen MR) is 130 cm³/mol. The molecule has 3 aromatic carbocycles. The zero-order valence-electron chi connectivity index (χ0n) is 18.7. The van der Waals surface area contributed by atoms with Crippen molar-refractivity contribution in [3.63, 3.8) is 0 Å². The fourth-order valence-electron chi connectivity index (χ4n) is 3.13. The van der Waals surface area contributed by atoms with Crippen molar-refractivity contribution in [2.75, 3.05) is 19.0 Å². The van der Waals surface area contributed by atoms with Crippen LogP contribution in [-0.4, -0.2) is 19.6 Å². The molecule has 0 aliphatic rings. The highest BCUT2D eigenvalue weighted by Gasteiger charge is 2.12. The van der Waals surface area contributed by atoms with Crippen LogP contribution in [0.5, 0.6) is 11.5 Å². The summed E-state index contributed by atoms with van der Waals surface area (Å²) in [7, 11) is 1.63. The van der Waals surface area contributed by atoms with Crippen molar-refractivity contribution in [1.29, 1.82) is 0 Å². The molecule has 0 aromatic heterocycles. The number of carbonyl (C=O) groups excluding carboxylic acids is 1. The minimum atomic E-state index is -0.0734. The Balaban J connectivity index is 1.70. The van der Waals surface area contributed by atoms with Crippen LogP contribution in [0.1, 0.15) is 35.3 Å². The largest absolute Gasteiger partial charge is 0.493 e. The van der Waals surface area contributed by atoms with Gasteiger partial charge in [0.15, 0.2) is 11.5 Å². The summed E-state index contributed by atoms with van der Waals surface area (Å²) in [6.07, 6.45) is 0. The molecule has 6 heteroatoms. The van der Waals surface area contributed by atoms with E-state index < -0.39 is 0 Å². The van der Waals surface area contributed by atoms with Crippen LogP contribution >= 0.6 is 11.6 Å². The normalized spacial score (nSPS) is 10.7. The van der Waals surface area contributed by atoms with Gasteiger partial charge in [-0.1, -0.05) is 55.8 Å². The maximum atomic E-state index is 12.4. The van der Waals surface area contributed by atoms with Crippen molar-refractivity contribution < 1.29 is 14.3 Å². The first-order valence-electron chi connectivity index (χ1n) is 10.6. The molecule has 0 radical (unpaired) electrons. The van der Waals surface area contributed by atoms with E-state index in [0.29, 0.717) is 47.7 Å².